The van der Waals surface area contributed by atoms with Gasteiger partial charge in [-0.2, -0.15) is 0 Å². The van der Waals surface area contributed by atoms with Crippen LogP contribution in [0.15, 0.2) is 22.7 Å². The molecule has 0 fully saturated rings. The van der Waals surface area contributed by atoms with Gasteiger partial charge in [0, 0.05) is 30.3 Å². The van der Waals surface area contributed by atoms with Crippen molar-refractivity contribution in [1.82, 2.24) is 5.32 Å². The van der Waals surface area contributed by atoms with Gasteiger partial charge in [-0.3, -0.25) is 0 Å². The third-order valence-electron chi connectivity index (χ3n) is 2.53. The SMILES string of the molecule is COCCCCCNCc1cc(Br)ccc1F. The molecule has 96 valence electrons. The number of nitrogens with one attached hydrogen (secondary N) is 1. The van der Waals surface area contributed by atoms with Crippen LogP contribution in [0, 0.1) is 5.82 Å². The first-order valence-corrected chi connectivity index (χ1v) is 6.67. The zero-order chi connectivity index (χ0) is 12.5. The summed E-state index contributed by atoms with van der Waals surface area (Å²) < 4.78 is 19.3. The molecule has 0 radical (unpaired) electrons. The van der Waals surface area contributed by atoms with Crippen LogP contribution in [0.3, 0.4) is 0 Å². The van der Waals surface area contributed by atoms with E-state index in [9.17, 15) is 4.39 Å². The smallest absolute Gasteiger partial charge is 0.127 e. The van der Waals surface area contributed by atoms with Crippen molar-refractivity contribution < 1.29 is 9.13 Å². The Morgan fingerprint density at radius 2 is 2.12 bits per heavy atom. The summed E-state index contributed by atoms with van der Waals surface area (Å²) in [5, 5.41) is 3.24. The fraction of sp³-hybridized carbons (Fsp3) is 0.538. The van der Waals surface area contributed by atoms with Gasteiger partial charge in [-0.05, 0) is 44.0 Å². The minimum Gasteiger partial charge on any atom is -0.385 e. The maximum absolute atomic E-state index is 13.4. The third-order valence-corrected chi connectivity index (χ3v) is 3.02. The lowest BCUT2D eigenvalue weighted by Crippen LogP contribution is -2.15. The zero-order valence-corrected chi connectivity index (χ0v) is 11.7. The molecule has 0 spiro atoms. The summed E-state index contributed by atoms with van der Waals surface area (Å²) in [5.74, 6) is -0.153. The summed E-state index contributed by atoms with van der Waals surface area (Å²) in [6, 6.07) is 5.01. The van der Waals surface area contributed by atoms with Gasteiger partial charge in [0.25, 0.3) is 0 Å². The van der Waals surface area contributed by atoms with Crippen molar-refractivity contribution in [3.05, 3.63) is 34.1 Å². The van der Waals surface area contributed by atoms with E-state index in [2.05, 4.69) is 21.2 Å². The molecule has 0 aromatic heterocycles. The highest BCUT2D eigenvalue weighted by Crippen LogP contribution is 2.15. The van der Waals surface area contributed by atoms with Crippen LogP contribution in [0.1, 0.15) is 24.8 Å². The highest BCUT2D eigenvalue weighted by molar-refractivity contribution is 9.10. The average Bonchev–Trinajstić information content (AvgIpc) is 2.32. The van der Waals surface area contributed by atoms with Gasteiger partial charge in [-0.25, -0.2) is 4.39 Å². The quantitative estimate of drug-likeness (QED) is 0.742. The van der Waals surface area contributed by atoms with Crippen molar-refractivity contribution in [3.63, 3.8) is 0 Å². The van der Waals surface area contributed by atoms with Gasteiger partial charge in [0.05, 0.1) is 0 Å². The highest BCUT2D eigenvalue weighted by atomic mass is 79.9. The van der Waals surface area contributed by atoms with E-state index in [0.29, 0.717) is 12.1 Å². The molecule has 1 N–H and O–H groups in total. The molecule has 1 aromatic carbocycles. The summed E-state index contributed by atoms with van der Waals surface area (Å²) in [6.07, 6.45) is 3.32. The van der Waals surface area contributed by atoms with Crippen LogP contribution in [0.25, 0.3) is 0 Å². The Bertz CT molecular complexity index is 333. The number of methoxy groups -OCH3 is 1. The van der Waals surface area contributed by atoms with E-state index in [1.54, 1.807) is 13.2 Å². The lowest BCUT2D eigenvalue weighted by molar-refractivity contribution is 0.192. The predicted octanol–water partition coefficient (Wildman–Crippen LogP) is 3.49. The Morgan fingerprint density at radius 1 is 1.29 bits per heavy atom. The summed E-state index contributed by atoms with van der Waals surface area (Å²) in [6.45, 7) is 2.31. The number of hydrogen-bond acceptors (Lipinski definition) is 2. The van der Waals surface area contributed by atoms with E-state index >= 15 is 0 Å². The topological polar surface area (TPSA) is 21.3 Å². The number of unbranched alkanes of at least 4 members (excludes halogenated alkanes) is 2. The highest BCUT2D eigenvalue weighted by Gasteiger charge is 2.01. The monoisotopic (exact) mass is 303 g/mol. The van der Waals surface area contributed by atoms with E-state index < -0.39 is 0 Å². The Hall–Kier alpha value is -0.450. The molecule has 0 unspecified atom stereocenters. The molecular formula is C13H19BrFNO. The fourth-order valence-corrected chi connectivity index (χ4v) is 1.98. The van der Waals surface area contributed by atoms with Crippen LogP contribution in [0.4, 0.5) is 4.39 Å². The maximum Gasteiger partial charge on any atom is 0.127 e. The maximum atomic E-state index is 13.4. The molecule has 0 amide bonds. The van der Waals surface area contributed by atoms with Crippen LogP contribution in [0.2, 0.25) is 0 Å². The number of ether oxygens (including phenoxy) is 1. The van der Waals surface area contributed by atoms with Crippen molar-refractivity contribution in [1.29, 1.82) is 0 Å². The van der Waals surface area contributed by atoms with Gasteiger partial charge >= 0.3 is 0 Å². The van der Waals surface area contributed by atoms with Crippen LogP contribution in [-0.2, 0) is 11.3 Å². The fourth-order valence-electron chi connectivity index (χ4n) is 1.58. The molecule has 0 aliphatic carbocycles. The molecule has 4 heteroatoms. The van der Waals surface area contributed by atoms with Crippen molar-refractivity contribution in [2.24, 2.45) is 0 Å². The summed E-state index contributed by atoms with van der Waals surface area (Å²) in [4.78, 5) is 0. The van der Waals surface area contributed by atoms with E-state index in [0.717, 1.165) is 36.9 Å². The number of hydrogen-bond donors (Lipinski definition) is 1. The Morgan fingerprint density at radius 3 is 2.88 bits per heavy atom. The zero-order valence-electron chi connectivity index (χ0n) is 10.1. The standard InChI is InChI=1S/C13H19BrFNO/c1-17-8-4-2-3-7-16-10-11-9-12(14)5-6-13(11)15/h5-6,9,16H,2-4,7-8,10H2,1H3. The van der Waals surface area contributed by atoms with E-state index in [1.807, 2.05) is 6.07 Å². The molecule has 0 saturated heterocycles. The van der Waals surface area contributed by atoms with E-state index in [4.69, 9.17) is 4.74 Å². The molecule has 1 rings (SSSR count). The molecule has 0 bridgehead atoms. The van der Waals surface area contributed by atoms with Gasteiger partial charge < -0.3 is 10.1 Å². The van der Waals surface area contributed by atoms with Gasteiger partial charge in [-0.15, -0.1) is 0 Å². The van der Waals surface area contributed by atoms with Crippen LogP contribution in [0.5, 0.6) is 0 Å². The number of halogens is 2. The van der Waals surface area contributed by atoms with Crippen molar-refractivity contribution in [2.75, 3.05) is 20.3 Å². The molecule has 17 heavy (non-hydrogen) atoms. The van der Waals surface area contributed by atoms with E-state index in [-0.39, 0.29) is 5.82 Å². The molecule has 0 aliphatic rings. The van der Waals surface area contributed by atoms with Crippen molar-refractivity contribution >= 4 is 15.9 Å². The van der Waals surface area contributed by atoms with Crippen LogP contribution in [-0.4, -0.2) is 20.3 Å². The Labute approximate surface area is 111 Å². The normalized spacial score (nSPS) is 10.8. The van der Waals surface area contributed by atoms with Gasteiger partial charge in [0.15, 0.2) is 0 Å². The molecule has 2 nitrogen and oxygen atoms in total. The second-order valence-corrected chi connectivity index (χ2v) is 4.88. The predicted molar refractivity (Wildman–Crippen MR) is 71.5 cm³/mol. The van der Waals surface area contributed by atoms with Crippen molar-refractivity contribution in [2.45, 2.75) is 25.8 Å². The second-order valence-electron chi connectivity index (χ2n) is 3.97. The molecular weight excluding hydrogens is 285 g/mol. The number of benzene rings is 1. The van der Waals surface area contributed by atoms with Crippen molar-refractivity contribution in [3.8, 4) is 0 Å². The molecule has 1 aromatic rings. The lowest BCUT2D eigenvalue weighted by atomic mass is 10.2. The lowest BCUT2D eigenvalue weighted by Gasteiger charge is -2.06. The van der Waals surface area contributed by atoms with Gasteiger partial charge in [0.2, 0.25) is 0 Å². The second kappa shape index (κ2) is 8.61. The van der Waals surface area contributed by atoms with Crippen LogP contribution < -0.4 is 5.32 Å². The first-order valence-electron chi connectivity index (χ1n) is 5.87. The molecule has 0 heterocycles. The Kier molecular flexibility index (Phi) is 7.40. The third kappa shape index (κ3) is 6.15. The van der Waals surface area contributed by atoms with Gasteiger partial charge in [-0.1, -0.05) is 15.9 Å². The first kappa shape index (κ1) is 14.6. The average molecular weight is 304 g/mol. The first-order chi connectivity index (χ1) is 8.24. The largest absolute Gasteiger partial charge is 0.385 e. The van der Waals surface area contributed by atoms with Crippen LogP contribution >= 0.6 is 15.9 Å². The molecule has 0 aliphatic heterocycles. The summed E-state index contributed by atoms with van der Waals surface area (Å²) in [7, 11) is 1.72. The van der Waals surface area contributed by atoms with E-state index in [1.165, 1.54) is 6.07 Å². The minimum atomic E-state index is -0.153. The molecule has 0 atom stereocenters. The minimum absolute atomic E-state index is 0.153. The number of rotatable bonds is 8. The Balaban J connectivity index is 2.15. The summed E-state index contributed by atoms with van der Waals surface area (Å²) >= 11 is 3.34. The summed E-state index contributed by atoms with van der Waals surface area (Å²) in [5.41, 5.74) is 0.705. The molecule has 0 saturated carbocycles. The van der Waals surface area contributed by atoms with Gasteiger partial charge in [0.1, 0.15) is 5.82 Å².